The van der Waals surface area contributed by atoms with Gasteiger partial charge in [0.15, 0.2) is 0 Å². The normalized spacial score (nSPS) is 17.4. The summed E-state index contributed by atoms with van der Waals surface area (Å²) in [6, 6.07) is 7.05. The second kappa shape index (κ2) is 6.36. The molecule has 0 spiro atoms. The number of likely N-dealkylation sites (tertiary alicyclic amines) is 1. The van der Waals surface area contributed by atoms with Gasteiger partial charge in [0.05, 0.1) is 10.8 Å². The molecule has 0 saturated carbocycles. The van der Waals surface area contributed by atoms with Gasteiger partial charge in [0.1, 0.15) is 11.6 Å². The molecule has 1 atom stereocenters. The summed E-state index contributed by atoms with van der Waals surface area (Å²) in [5, 5.41) is 5.88. The Hall–Kier alpha value is -2.61. The van der Waals surface area contributed by atoms with E-state index in [1.807, 2.05) is 17.5 Å². The molecule has 3 aromatic rings. The molecule has 5 nitrogen and oxygen atoms in total. The molecule has 25 heavy (non-hydrogen) atoms. The highest BCUT2D eigenvalue weighted by Gasteiger charge is 2.34. The first-order valence-electron chi connectivity index (χ1n) is 7.69. The van der Waals surface area contributed by atoms with E-state index in [1.54, 1.807) is 4.90 Å². The molecule has 2 aromatic heterocycles. The van der Waals surface area contributed by atoms with Gasteiger partial charge in [0, 0.05) is 25.6 Å². The SMILES string of the molecule is O=C1CC(c2nc(-c3cccs3)no2)CN1Cc1cc(F)cc(F)c1. The maximum absolute atomic E-state index is 13.3. The molecule has 0 N–H and O–H groups in total. The summed E-state index contributed by atoms with van der Waals surface area (Å²) in [7, 11) is 0. The average Bonchev–Trinajstić information content (AvgIpc) is 3.27. The van der Waals surface area contributed by atoms with Gasteiger partial charge in [-0.3, -0.25) is 4.79 Å². The monoisotopic (exact) mass is 361 g/mol. The number of hydrogen-bond acceptors (Lipinski definition) is 5. The zero-order chi connectivity index (χ0) is 17.4. The summed E-state index contributed by atoms with van der Waals surface area (Å²) < 4.78 is 31.9. The first-order chi connectivity index (χ1) is 12.1. The quantitative estimate of drug-likeness (QED) is 0.713. The molecule has 1 aliphatic rings. The fourth-order valence-electron chi connectivity index (χ4n) is 2.92. The van der Waals surface area contributed by atoms with Crippen molar-refractivity contribution in [1.29, 1.82) is 0 Å². The zero-order valence-corrected chi connectivity index (χ0v) is 13.8. The number of aromatic nitrogens is 2. The topological polar surface area (TPSA) is 59.2 Å². The number of amides is 1. The van der Waals surface area contributed by atoms with Crippen molar-refractivity contribution in [3.05, 3.63) is 58.8 Å². The van der Waals surface area contributed by atoms with Crippen molar-refractivity contribution in [3.8, 4) is 10.7 Å². The maximum atomic E-state index is 13.3. The van der Waals surface area contributed by atoms with Crippen LogP contribution in [0.4, 0.5) is 8.78 Å². The van der Waals surface area contributed by atoms with E-state index in [2.05, 4.69) is 10.1 Å². The highest BCUT2D eigenvalue weighted by Crippen LogP contribution is 2.30. The molecule has 1 fully saturated rings. The smallest absolute Gasteiger partial charge is 0.232 e. The molecular formula is C17H13F2N3O2S. The third-order valence-corrected chi connectivity index (χ3v) is 4.91. The van der Waals surface area contributed by atoms with E-state index in [-0.39, 0.29) is 24.8 Å². The molecule has 0 bridgehead atoms. The van der Waals surface area contributed by atoms with Crippen LogP contribution in [0.25, 0.3) is 10.7 Å². The van der Waals surface area contributed by atoms with E-state index < -0.39 is 11.6 Å². The molecular weight excluding hydrogens is 348 g/mol. The first kappa shape index (κ1) is 15.9. The Labute approximate surface area is 145 Å². The van der Waals surface area contributed by atoms with Crippen molar-refractivity contribution in [2.45, 2.75) is 18.9 Å². The van der Waals surface area contributed by atoms with Crippen LogP contribution in [0.2, 0.25) is 0 Å². The Balaban J connectivity index is 1.48. The van der Waals surface area contributed by atoms with Crippen molar-refractivity contribution >= 4 is 17.2 Å². The fraction of sp³-hybridized carbons (Fsp3) is 0.235. The second-order valence-electron chi connectivity index (χ2n) is 5.89. The number of nitrogens with zero attached hydrogens (tertiary/aromatic N) is 3. The average molecular weight is 361 g/mol. The lowest BCUT2D eigenvalue weighted by Gasteiger charge is -2.16. The van der Waals surface area contributed by atoms with Gasteiger partial charge in [-0.1, -0.05) is 11.2 Å². The van der Waals surface area contributed by atoms with Crippen molar-refractivity contribution in [3.63, 3.8) is 0 Å². The Morgan fingerprint density at radius 2 is 2.08 bits per heavy atom. The van der Waals surface area contributed by atoms with E-state index in [4.69, 9.17) is 4.52 Å². The lowest BCUT2D eigenvalue weighted by Crippen LogP contribution is -2.24. The molecule has 0 aliphatic carbocycles. The third-order valence-electron chi connectivity index (χ3n) is 4.04. The van der Waals surface area contributed by atoms with Crippen LogP contribution >= 0.6 is 11.3 Å². The number of rotatable bonds is 4. The van der Waals surface area contributed by atoms with Crippen LogP contribution in [-0.4, -0.2) is 27.5 Å². The van der Waals surface area contributed by atoms with Crippen LogP contribution in [-0.2, 0) is 11.3 Å². The molecule has 1 aromatic carbocycles. The Morgan fingerprint density at radius 3 is 2.80 bits per heavy atom. The highest BCUT2D eigenvalue weighted by molar-refractivity contribution is 7.13. The zero-order valence-electron chi connectivity index (χ0n) is 13.0. The van der Waals surface area contributed by atoms with E-state index in [0.717, 1.165) is 10.9 Å². The molecule has 8 heteroatoms. The van der Waals surface area contributed by atoms with Crippen LogP contribution in [0.1, 0.15) is 23.8 Å². The number of hydrogen-bond donors (Lipinski definition) is 0. The van der Waals surface area contributed by atoms with Gasteiger partial charge in [-0.2, -0.15) is 4.98 Å². The number of halogens is 2. The number of carbonyl (C=O) groups excluding carboxylic acids is 1. The summed E-state index contributed by atoms with van der Waals surface area (Å²) in [4.78, 5) is 19.0. The number of thiophene rings is 1. The molecule has 1 saturated heterocycles. The van der Waals surface area contributed by atoms with Crippen LogP contribution in [0.3, 0.4) is 0 Å². The van der Waals surface area contributed by atoms with Crippen LogP contribution in [0.5, 0.6) is 0 Å². The van der Waals surface area contributed by atoms with E-state index >= 15 is 0 Å². The Bertz CT molecular complexity index is 890. The van der Waals surface area contributed by atoms with Gasteiger partial charge in [-0.15, -0.1) is 11.3 Å². The van der Waals surface area contributed by atoms with Gasteiger partial charge in [-0.05, 0) is 29.1 Å². The fourth-order valence-corrected chi connectivity index (χ4v) is 3.57. The van der Waals surface area contributed by atoms with Crippen molar-refractivity contribution in [2.75, 3.05) is 6.54 Å². The summed E-state index contributed by atoms with van der Waals surface area (Å²) >= 11 is 1.50. The van der Waals surface area contributed by atoms with Crippen LogP contribution < -0.4 is 0 Å². The van der Waals surface area contributed by atoms with Gasteiger partial charge in [0.2, 0.25) is 17.6 Å². The van der Waals surface area contributed by atoms with Gasteiger partial charge in [0.25, 0.3) is 0 Å². The van der Waals surface area contributed by atoms with Gasteiger partial charge < -0.3 is 9.42 Å². The molecule has 1 amide bonds. The van der Waals surface area contributed by atoms with Crippen molar-refractivity contribution in [2.24, 2.45) is 0 Å². The van der Waals surface area contributed by atoms with Crippen molar-refractivity contribution in [1.82, 2.24) is 15.0 Å². The molecule has 4 rings (SSSR count). The molecule has 0 radical (unpaired) electrons. The number of benzene rings is 1. The summed E-state index contributed by atoms with van der Waals surface area (Å²) in [5.41, 5.74) is 0.413. The summed E-state index contributed by atoms with van der Waals surface area (Å²) in [6.07, 6.45) is 0.240. The maximum Gasteiger partial charge on any atom is 0.232 e. The lowest BCUT2D eigenvalue weighted by atomic mass is 10.1. The van der Waals surface area contributed by atoms with Gasteiger partial charge in [-0.25, -0.2) is 8.78 Å². The molecule has 128 valence electrons. The largest absolute Gasteiger partial charge is 0.339 e. The number of carbonyl (C=O) groups is 1. The Morgan fingerprint density at radius 1 is 1.28 bits per heavy atom. The minimum atomic E-state index is -0.657. The van der Waals surface area contributed by atoms with E-state index in [9.17, 15) is 13.6 Å². The highest BCUT2D eigenvalue weighted by atomic mass is 32.1. The van der Waals surface area contributed by atoms with Crippen LogP contribution in [0, 0.1) is 11.6 Å². The van der Waals surface area contributed by atoms with E-state index in [1.165, 1.54) is 23.5 Å². The minimum absolute atomic E-state index is 0.106. The lowest BCUT2D eigenvalue weighted by molar-refractivity contribution is -0.128. The standard InChI is InChI=1S/C17H13F2N3O2S/c18-12-4-10(5-13(19)7-12)8-22-9-11(6-15(22)23)17-20-16(21-24-17)14-2-1-3-25-14/h1-5,7,11H,6,8-9H2. The predicted molar refractivity (Wildman–Crippen MR) is 86.7 cm³/mol. The summed E-state index contributed by atoms with van der Waals surface area (Å²) in [5.74, 6) is -0.725. The molecule has 1 unspecified atom stereocenters. The van der Waals surface area contributed by atoms with Crippen molar-refractivity contribution < 1.29 is 18.1 Å². The van der Waals surface area contributed by atoms with Crippen LogP contribution in [0.15, 0.2) is 40.2 Å². The molecule has 3 heterocycles. The molecule has 1 aliphatic heterocycles. The Kier molecular flexibility index (Phi) is 4.04. The second-order valence-corrected chi connectivity index (χ2v) is 6.83. The van der Waals surface area contributed by atoms with E-state index in [0.29, 0.717) is 23.8 Å². The summed E-state index contributed by atoms with van der Waals surface area (Å²) in [6.45, 7) is 0.527. The minimum Gasteiger partial charge on any atom is -0.339 e. The van der Waals surface area contributed by atoms with Gasteiger partial charge >= 0.3 is 0 Å². The first-order valence-corrected chi connectivity index (χ1v) is 8.56. The predicted octanol–water partition coefficient (Wildman–Crippen LogP) is 3.59. The third kappa shape index (κ3) is 3.30.